The molecule has 1 amide bonds. The standard InChI is InChI=1S/C22H18N2O4S/c1-2-29(26,27)20-10-6-3-7-17(20)21(25)23-16-13-11-15(12-14-16)22-24-18-8-4-5-9-19(18)28-22/h3-14H,2H2,1H3,(H,23,25). The van der Waals surface area contributed by atoms with Crippen molar-refractivity contribution in [1.82, 2.24) is 4.98 Å². The Morgan fingerprint density at radius 1 is 0.966 bits per heavy atom. The van der Waals surface area contributed by atoms with Gasteiger partial charge in [-0.25, -0.2) is 13.4 Å². The van der Waals surface area contributed by atoms with Crippen LogP contribution in [-0.2, 0) is 9.84 Å². The van der Waals surface area contributed by atoms with E-state index in [-0.39, 0.29) is 16.2 Å². The first-order valence-electron chi connectivity index (χ1n) is 9.07. The number of amides is 1. The van der Waals surface area contributed by atoms with Gasteiger partial charge in [-0.05, 0) is 48.5 Å². The van der Waals surface area contributed by atoms with Crippen molar-refractivity contribution in [2.24, 2.45) is 0 Å². The molecule has 1 aromatic heterocycles. The average molecular weight is 406 g/mol. The number of para-hydroxylation sites is 2. The maximum Gasteiger partial charge on any atom is 0.256 e. The summed E-state index contributed by atoms with van der Waals surface area (Å²) in [6.45, 7) is 1.55. The fraction of sp³-hybridized carbons (Fsp3) is 0.0909. The maximum absolute atomic E-state index is 12.7. The molecule has 0 unspecified atom stereocenters. The molecule has 29 heavy (non-hydrogen) atoms. The van der Waals surface area contributed by atoms with Gasteiger partial charge in [0, 0.05) is 11.3 Å². The van der Waals surface area contributed by atoms with E-state index in [2.05, 4.69) is 10.3 Å². The number of carbonyl (C=O) groups excluding carboxylic acids is 1. The van der Waals surface area contributed by atoms with Crippen LogP contribution in [0.3, 0.4) is 0 Å². The number of hydrogen-bond donors (Lipinski definition) is 1. The van der Waals surface area contributed by atoms with Crippen molar-refractivity contribution in [3.63, 3.8) is 0 Å². The summed E-state index contributed by atoms with van der Waals surface area (Å²) >= 11 is 0. The van der Waals surface area contributed by atoms with E-state index in [1.807, 2.05) is 24.3 Å². The van der Waals surface area contributed by atoms with Crippen molar-refractivity contribution in [1.29, 1.82) is 0 Å². The molecular weight excluding hydrogens is 388 g/mol. The first-order chi connectivity index (χ1) is 14.0. The van der Waals surface area contributed by atoms with Gasteiger partial charge in [-0.15, -0.1) is 0 Å². The van der Waals surface area contributed by atoms with E-state index in [0.29, 0.717) is 17.2 Å². The Balaban J connectivity index is 1.57. The molecule has 1 N–H and O–H groups in total. The van der Waals surface area contributed by atoms with Crippen LogP contribution in [0, 0.1) is 0 Å². The highest BCUT2D eigenvalue weighted by Crippen LogP contribution is 2.25. The van der Waals surface area contributed by atoms with Crippen molar-refractivity contribution < 1.29 is 17.6 Å². The molecule has 0 aliphatic rings. The zero-order chi connectivity index (χ0) is 20.4. The number of hydrogen-bond acceptors (Lipinski definition) is 5. The van der Waals surface area contributed by atoms with Crippen LogP contribution in [0.25, 0.3) is 22.6 Å². The van der Waals surface area contributed by atoms with Gasteiger partial charge in [0.25, 0.3) is 5.91 Å². The lowest BCUT2D eigenvalue weighted by molar-refractivity contribution is 0.102. The highest BCUT2D eigenvalue weighted by atomic mass is 32.2. The molecule has 0 radical (unpaired) electrons. The minimum Gasteiger partial charge on any atom is -0.436 e. The number of benzene rings is 3. The number of rotatable bonds is 5. The lowest BCUT2D eigenvalue weighted by Gasteiger charge is -2.10. The topological polar surface area (TPSA) is 89.3 Å². The molecule has 4 rings (SSSR count). The van der Waals surface area contributed by atoms with Gasteiger partial charge in [-0.2, -0.15) is 0 Å². The number of oxazole rings is 1. The van der Waals surface area contributed by atoms with Gasteiger partial charge in [0.2, 0.25) is 5.89 Å². The predicted molar refractivity (Wildman–Crippen MR) is 112 cm³/mol. The lowest BCUT2D eigenvalue weighted by atomic mass is 10.2. The van der Waals surface area contributed by atoms with E-state index >= 15 is 0 Å². The summed E-state index contributed by atoms with van der Waals surface area (Å²) in [4.78, 5) is 17.1. The molecule has 0 spiro atoms. The number of carbonyl (C=O) groups is 1. The van der Waals surface area contributed by atoms with Gasteiger partial charge in [0.05, 0.1) is 16.2 Å². The third kappa shape index (κ3) is 3.77. The summed E-state index contributed by atoms with van der Waals surface area (Å²) < 4.78 is 30.3. The fourth-order valence-electron chi connectivity index (χ4n) is 2.97. The molecule has 0 fully saturated rings. The van der Waals surface area contributed by atoms with E-state index in [0.717, 1.165) is 11.1 Å². The number of fused-ring (bicyclic) bond motifs is 1. The van der Waals surface area contributed by atoms with Crippen molar-refractivity contribution in [3.05, 3.63) is 78.4 Å². The molecule has 0 saturated carbocycles. The Kier molecular flexibility index (Phi) is 4.90. The molecule has 1 heterocycles. The molecule has 7 heteroatoms. The summed E-state index contributed by atoms with van der Waals surface area (Å²) in [6, 6.07) is 20.7. The molecule has 4 aromatic rings. The van der Waals surface area contributed by atoms with E-state index in [4.69, 9.17) is 4.42 Å². The van der Waals surface area contributed by atoms with Crippen molar-refractivity contribution >= 4 is 32.5 Å². The quantitative estimate of drug-likeness (QED) is 0.525. The Hall–Kier alpha value is -3.45. The number of anilines is 1. The van der Waals surface area contributed by atoms with E-state index in [1.54, 1.807) is 43.3 Å². The van der Waals surface area contributed by atoms with Gasteiger partial charge in [0.15, 0.2) is 15.4 Å². The SMILES string of the molecule is CCS(=O)(=O)c1ccccc1C(=O)Nc1ccc(-c2nc3ccccc3o2)cc1. The molecule has 146 valence electrons. The van der Waals surface area contributed by atoms with Gasteiger partial charge >= 0.3 is 0 Å². The first kappa shape index (κ1) is 18.9. The first-order valence-corrected chi connectivity index (χ1v) is 10.7. The number of nitrogens with zero attached hydrogens (tertiary/aromatic N) is 1. The van der Waals surface area contributed by atoms with Gasteiger partial charge in [-0.3, -0.25) is 4.79 Å². The summed E-state index contributed by atoms with van der Waals surface area (Å²) in [5, 5.41) is 2.75. The summed E-state index contributed by atoms with van der Waals surface area (Å²) in [5.41, 5.74) is 2.91. The van der Waals surface area contributed by atoms with Crippen molar-refractivity contribution in [2.45, 2.75) is 11.8 Å². The maximum atomic E-state index is 12.7. The molecule has 3 aromatic carbocycles. The van der Waals surface area contributed by atoms with Crippen LogP contribution >= 0.6 is 0 Å². The van der Waals surface area contributed by atoms with E-state index in [1.165, 1.54) is 12.1 Å². The largest absolute Gasteiger partial charge is 0.436 e. The van der Waals surface area contributed by atoms with Crippen LogP contribution in [0.2, 0.25) is 0 Å². The third-order valence-electron chi connectivity index (χ3n) is 4.53. The molecule has 0 bridgehead atoms. The zero-order valence-corrected chi connectivity index (χ0v) is 16.4. The van der Waals surface area contributed by atoms with E-state index < -0.39 is 15.7 Å². The second kappa shape index (κ2) is 7.52. The summed E-state index contributed by atoms with van der Waals surface area (Å²) in [5.74, 6) is -0.0630. The Morgan fingerprint density at radius 3 is 2.38 bits per heavy atom. The van der Waals surface area contributed by atoms with Crippen LogP contribution in [0.4, 0.5) is 5.69 Å². The Bertz CT molecular complexity index is 1260. The minimum absolute atomic E-state index is 0.0306. The summed E-state index contributed by atoms with van der Waals surface area (Å²) in [6.07, 6.45) is 0. The average Bonchev–Trinajstić information content (AvgIpc) is 3.18. The molecule has 6 nitrogen and oxygen atoms in total. The van der Waals surface area contributed by atoms with Crippen LogP contribution in [0.15, 0.2) is 82.1 Å². The zero-order valence-electron chi connectivity index (χ0n) is 15.6. The molecule has 0 saturated heterocycles. The van der Waals surface area contributed by atoms with Crippen LogP contribution < -0.4 is 5.32 Å². The second-order valence-electron chi connectivity index (χ2n) is 6.42. The number of nitrogens with one attached hydrogen (secondary N) is 1. The van der Waals surface area contributed by atoms with Crippen LogP contribution in [0.5, 0.6) is 0 Å². The highest BCUT2D eigenvalue weighted by Gasteiger charge is 2.20. The Morgan fingerprint density at radius 2 is 1.66 bits per heavy atom. The van der Waals surface area contributed by atoms with Gasteiger partial charge in [0.1, 0.15) is 5.52 Å². The summed E-state index contributed by atoms with van der Waals surface area (Å²) in [7, 11) is -3.50. The highest BCUT2D eigenvalue weighted by molar-refractivity contribution is 7.91. The van der Waals surface area contributed by atoms with Crippen molar-refractivity contribution in [3.8, 4) is 11.5 Å². The van der Waals surface area contributed by atoms with Crippen molar-refractivity contribution in [2.75, 3.05) is 11.1 Å². The molecule has 0 aliphatic heterocycles. The minimum atomic E-state index is -3.50. The second-order valence-corrected chi connectivity index (χ2v) is 8.66. The van der Waals surface area contributed by atoms with Gasteiger partial charge in [-0.1, -0.05) is 31.2 Å². The number of sulfone groups is 1. The van der Waals surface area contributed by atoms with Crippen LogP contribution in [0.1, 0.15) is 17.3 Å². The lowest BCUT2D eigenvalue weighted by Crippen LogP contribution is -2.17. The Labute approximate surface area is 168 Å². The smallest absolute Gasteiger partial charge is 0.256 e. The van der Waals surface area contributed by atoms with Crippen LogP contribution in [-0.4, -0.2) is 25.1 Å². The molecule has 0 atom stereocenters. The number of aromatic nitrogens is 1. The van der Waals surface area contributed by atoms with Gasteiger partial charge < -0.3 is 9.73 Å². The normalized spacial score (nSPS) is 11.5. The predicted octanol–water partition coefficient (Wildman–Crippen LogP) is 4.54. The molecular formula is C22H18N2O4S. The monoisotopic (exact) mass is 406 g/mol. The third-order valence-corrected chi connectivity index (χ3v) is 6.32. The fourth-order valence-corrected chi connectivity index (χ4v) is 4.06. The molecule has 0 aliphatic carbocycles. The van der Waals surface area contributed by atoms with E-state index in [9.17, 15) is 13.2 Å².